The SMILES string of the molecule is CC(C)(CS(=O)(=O)F)C1CCNCC1. The normalized spacial score (nSPS) is 21.1. The quantitative estimate of drug-likeness (QED) is 0.734. The fraction of sp³-hybridized carbons (Fsp3) is 1.00. The van der Waals surface area contributed by atoms with Crippen molar-refractivity contribution in [1.82, 2.24) is 5.32 Å². The number of halogens is 1. The van der Waals surface area contributed by atoms with Gasteiger partial charge in [-0.05, 0) is 37.3 Å². The fourth-order valence-corrected chi connectivity index (χ4v) is 3.29. The topological polar surface area (TPSA) is 46.2 Å². The summed E-state index contributed by atoms with van der Waals surface area (Å²) in [4.78, 5) is 0. The molecule has 0 spiro atoms. The molecule has 84 valence electrons. The largest absolute Gasteiger partial charge is 0.317 e. The van der Waals surface area contributed by atoms with Gasteiger partial charge in [0.05, 0.1) is 5.75 Å². The molecule has 0 aromatic heterocycles. The van der Waals surface area contributed by atoms with Crippen LogP contribution >= 0.6 is 0 Å². The Morgan fingerprint density at radius 3 is 2.29 bits per heavy atom. The summed E-state index contributed by atoms with van der Waals surface area (Å²) in [5.74, 6) is -0.0562. The lowest BCUT2D eigenvalue weighted by atomic mass is 9.75. The third kappa shape index (κ3) is 3.53. The second-order valence-corrected chi connectivity index (χ2v) is 6.06. The highest BCUT2D eigenvalue weighted by Crippen LogP contribution is 2.34. The molecule has 1 saturated heterocycles. The number of nitrogens with one attached hydrogen (secondary N) is 1. The zero-order valence-corrected chi connectivity index (χ0v) is 9.53. The van der Waals surface area contributed by atoms with Crippen molar-refractivity contribution < 1.29 is 12.3 Å². The van der Waals surface area contributed by atoms with Crippen molar-refractivity contribution in [3.63, 3.8) is 0 Å². The molecule has 1 aliphatic rings. The Labute approximate surface area is 85.3 Å². The smallest absolute Gasteiger partial charge is 0.302 e. The standard InChI is InChI=1S/C9H18FNO2S/c1-9(2,7-14(10,12)13)8-3-5-11-6-4-8/h8,11H,3-7H2,1-2H3. The number of piperidine rings is 1. The Balaban J connectivity index is 2.63. The summed E-state index contributed by atoms with van der Waals surface area (Å²) < 4.78 is 33.8. The van der Waals surface area contributed by atoms with Crippen LogP contribution in [0.25, 0.3) is 0 Å². The van der Waals surface area contributed by atoms with Gasteiger partial charge in [0.15, 0.2) is 0 Å². The molecule has 0 aromatic rings. The zero-order valence-electron chi connectivity index (χ0n) is 8.72. The van der Waals surface area contributed by atoms with Gasteiger partial charge in [-0.3, -0.25) is 0 Å². The summed E-state index contributed by atoms with van der Waals surface area (Å²) >= 11 is 0. The van der Waals surface area contributed by atoms with E-state index in [0.29, 0.717) is 5.92 Å². The first kappa shape index (κ1) is 11.9. The maximum absolute atomic E-state index is 12.6. The lowest BCUT2D eigenvalue weighted by Gasteiger charge is -2.36. The molecule has 0 saturated carbocycles. The van der Waals surface area contributed by atoms with E-state index >= 15 is 0 Å². The molecule has 0 aromatic carbocycles. The lowest BCUT2D eigenvalue weighted by Crippen LogP contribution is -2.38. The molecular weight excluding hydrogens is 205 g/mol. The van der Waals surface area contributed by atoms with E-state index in [1.165, 1.54) is 0 Å². The van der Waals surface area contributed by atoms with Crippen molar-refractivity contribution in [3.8, 4) is 0 Å². The van der Waals surface area contributed by atoms with E-state index < -0.39 is 15.6 Å². The molecule has 0 aliphatic carbocycles. The van der Waals surface area contributed by atoms with Crippen molar-refractivity contribution in [2.45, 2.75) is 26.7 Å². The van der Waals surface area contributed by atoms with Crippen molar-refractivity contribution in [2.75, 3.05) is 18.8 Å². The van der Waals surface area contributed by atoms with Crippen molar-refractivity contribution in [1.29, 1.82) is 0 Å². The Morgan fingerprint density at radius 2 is 1.86 bits per heavy atom. The zero-order chi connectivity index (χ0) is 10.8. The second kappa shape index (κ2) is 4.14. The Kier molecular flexibility index (Phi) is 3.53. The van der Waals surface area contributed by atoms with Crippen LogP contribution in [0.4, 0.5) is 3.89 Å². The molecule has 0 unspecified atom stereocenters. The molecular formula is C9H18FNO2S. The van der Waals surface area contributed by atoms with Gasteiger partial charge in [-0.15, -0.1) is 3.89 Å². The van der Waals surface area contributed by atoms with Crippen LogP contribution < -0.4 is 5.32 Å². The van der Waals surface area contributed by atoms with Crippen LogP contribution in [-0.4, -0.2) is 27.3 Å². The summed E-state index contributed by atoms with van der Waals surface area (Å²) in [6.45, 7) is 5.47. The average molecular weight is 223 g/mol. The Morgan fingerprint density at radius 1 is 1.36 bits per heavy atom. The molecule has 3 nitrogen and oxygen atoms in total. The van der Waals surface area contributed by atoms with E-state index in [1.54, 1.807) is 0 Å². The van der Waals surface area contributed by atoms with Crippen LogP contribution in [0.5, 0.6) is 0 Å². The molecule has 0 radical (unpaired) electrons. The number of hydrogen-bond acceptors (Lipinski definition) is 3. The summed E-state index contributed by atoms with van der Waals surface area (Å²) in [5, 5.41) is 3.21. The monoisotopic (exact) mass is 223 g/mol. The van der Waals surface area contributed by atoms with Gasteiger partial charge in [0.25, 0.3) is 0 Å². The van der Waals surface area contributed by atoms with Crippen LogP contribution in [0.1, 0.15) is 26.7 Å². The molecule has 0 amide bonds. The van der Waals surface area contributed by atoms with E-state index in [2.05, 4.69) is 5.32 Å². The summed E-state index contributed by atoms with van der Waals surface area (Å²) in [6.07, 6.45) is 1.87. The molecule has 0 bridgehead atoms. The second-order valence-electron chi connectivity index (χ2n) is 4.70. The van der Waals surface area contributed by atoms with Crippen molar-refractivity contribution in [2.24, 2.45) is 11.3 Å². The molecule has 0 atom stereocenters. The lowest BCUT2D eigenvalue weighted by molar-refractivity contribution is 0.190. The minimum atomic E-state index is -4.35. The molecule has 5 heteroatoms. The molecule has 1 rings (SSSR count). The summed E-state index contributed by atoms with van der Waals surface area (Å²) in [5.41, 5.74) is -0.449. The van der Waals surface area contributed by atoms with Gasteiger partial charge < -0.3 is 5.32 Å². The number of rotatable bonds is 3. The van der Waals surface area contributed by atoms with Gasteiger partial charge in [0.1, 0.15) is 0 Å². The minimum absolute atomic E-state index is 0.300. The minimum Gasteiger partial charge on any atom is -0.317 e. The van der Waals surface area contributed by atoms with Gasteiger partial charge >= 0.3 is 10.2 Å². The maximum atomic E-state index is 12.6. The van der Waals surface area contributed by atoms with Gasteiger partial charge in [-0.2, -0.15) is 8.42 Å². The van der Waals surface area contributed by atoms with Crippen molar-refractivity contribution in [3.05, 3.63) is 0 Å². The van der Waals surface area contributed by atoms with Crippen LogP contribution in [-0.2, 0) is 10.2 Å². The van der Waals surface area contributed by atoms with Crippen LogP contribution in [0.3, 0.4) is 0 Å². The fourth-order valence-electron chi connectivity index (χ4n) is 2.17. The van der Waals surface area contributed by atoms with Crippen molar-refractivity contribution >= 4 is 10.2 Å². The Bertz CT molecular complexity index is 281. The third-order valence-corrected chi connectivity index (χ3v) is 4.08. The van der Waals surface area contributed by atoms with E-state index in [1.807, 2.05) is 13.8 Å². The summed E-state index contributed by atoms with van der Waals surface area (Å²) in [7, 11) is -4.35. The first-order valence-electron chi connectivity index (χ1n) is 4.94. The van der Waals surface area contributed by atoms with Gasteiger partial charge in [-0.1, -0.05) is 13.8 Å². The van der Waals surface area contributed by atoms with Crippen LogP contribution in [0, 0.1) is 11.3 Å². The van der Waals surface area contributed by atoms with Gasteiger partial charge in [-0.25, -0.2) is 0 Å². The highest BCUT2D eigenvalue weighted by Gasteiger charge is 2.34. The van der Waals surface area contributed by atoms with Gasteiger partial charge in [0, 0.05) is 0 Å². The van der Waals surface area contributed by atoms with Gasteiger partial charge in [0.2, 0.25) is 0 Å². The first-order chi connectivity index (χ1) is 6.31. The molecule has 14 heavy (non-hydrogen) atoms. The van der Waals surface area contributed by atoms with E-state index in [-0.39, 0.29) is 5.75 Å². The average Bonchev–Trinajstić information content (AvgIpc) is 2.01. The Hall–Kier alpha value is -0.160. The highest BCUT2D eigenvalue weighted by molar-refractivity contribution is 7.86. The third-order valence-electron chi connectivity index (χ3n) is 2.99. The molecule has 1 aliphatic heterocycles. The van der Waals surface area contributed by atoms with E-state index in [0.717, 1.165) is 25.9 Å². The predicted molar refractivity (Wildman–Crippen MR) is 54.3 cm³/mol. The van der Waals surface area contributed by atoms with E-state index in [4.69, 9.17) is 0 Å². The molecule has 1 heterocycles. The molecule has 1 N–H and O–H groups in total. The summed E-state index contributed by atoms with van der Waals surface area (Å²) in [6, 6.07) is 0. The highest BCUT2D eigenvalue weighted by atomic mass is 32.3. The van der Waals surface area contributed by atoms with E-state index in [9.17, 15) is 12.3 Å². The number of hydrogen-bond donors (Lipinski definition) is 1. The maximum Gasteiger partial charge on any atom is 0.302 e. The van der Waals surface area contributed by atoms with Crippen LogP contribution in [0.2, 0.25) is 0 Å². The van der Waals surface area contributed by atoms with Crippen LogP contribution in [0.15, 0.2) is 0 Å². The molecule has 1 fully saturated rings. The predicted octanol–water partition coefficient (Wildman–Crippen LogP) is 1.31. The first-order valence-corrected chi connectivity index (χ1v) is 6.49.